The monoisotopic (exact) mass is 526 g/mol. The molecule has 37 heavy (non-hydrogen) atoms. The van der Waals surface area contributed by atoms with Crippen LogP contribution in [-0.2, 0) is 14.4 Å². The molecule has 0 aliphatic heterocycles. The van der Waals surface area contributed by atoms with Crippen LogP contribution in [-0.4, -0.2) is 33.0 Å². The molecule has 3 N–H and O–H groups in total. The number of carbonyl (C=O) groups is 3. The Hall–Kier alpha value is -3.78. The molecule has 0 unspecified atom stereocenters. The zero-order chi connectivity index (χ0) is 26.9. The van der Waals surface area contributed by atoms with Crippen LogP contribution in [0.25, 0.3) is 10.9 Å². The van der Waals surface area contributed by atoms with Crippen molar-refractivity contribution >= 4 is 46.0 Å². The first-order valence-corrected chi connectivity index (χ1v) is 12.3. The number of carboxylic acid groups (broad SMARTS) is 2. The standard InChI is InChI=1S/C24H24ClFN2O.C4H4O4/c1-15(24(29)28-20-9-6-18(25)7-10-20)16-2-4-17(5-3-16)21-12-13-27-23-11-8-19(26)14-22(21)23;5-3(6)1-2-4(7)8/h6-17H,2-5H2,1H3,(H,28,29);1-2H,(H,5,6)(H,7,8)/b;2-1+/t15-,16?,17?;/m1./s1. The van der Waals surface area contributed by atoms with Gasteiger partial charge in [0.2, 0.25) is 5.91 Å². The summed E-state index contributed by atoms with van der Waals surface area (Å²) in [6.45, 7) is 2.01. The molecule has 1 saturated carbocycles. The van der Waals surface area contributed by atoms with Gasteiger partial charge in [0, 0.05) is 40.4 Å². The number of benzene rings is 2. The van der Waals surface area contributed by atoms with E-state index in [2.05, 4.69) is 10.3 Å². The van der Waals surface area contributed by atoms with E-state index in [1.807, 2.05) is 31.3 Å². The molecule has 9 heteroatoms. The topological polar surface area (TPSA) is 117 Å². The van der Waals surface area contributed by atoms with Gasteiger partial charge in [0.05, 0.1) is 5.52 Å². The van der Waals surface area contributed by atoms with E-state index >= 15 is 0 Å². The van der Waals surface area contributed by atoms with Crippen molar-refractivity contribution in [2.24, 2.45) is 11.8 Å². The Morgan fingerprint density at radius 3 is 2.22 bits per heavy atom. The Kier molecular flexibility index (Phi) is 9.74. The molecule has 1 amide bonds. The van der Waals surface area contributed by atoms with E-state index in [-0.39, 0.29) is 17.6 Å². The summed E-state index contributed by atoms with van der Waals surface area (Å²) in [5.74, 6) is -2.02. The van der Waals surface area contributed by atoms with Crippen molar-refractivity contribution in [3.63, 3.8) is 0 Å². The van der Waals surface area contributed by atoms with Crippen molar-refractivity contribution in [2.75, 3.05) is 5.32 Å². The maximum atomic E-state index is 13.8. The average Bonchev–Trinajstić information content (AvgIpc) is 2.88. The van der Waals surface area contributed by atoms with Crippen LogP contribution >= 0.6 is 11.6 Å². The molecule has 1 aliphatic carbocycles. The second-order valence-corrected chi connectivity index (χ2v) is 9.40. The van der Waals surface area contributed by atoms with E-state index in [0.29, 0.717) is 29.0 Å². The summed E-state index contributed by atoms with van der Waals surface area (Å²) in [6.07, 6.45) is 6.89. The molecule has 7 nitrogen and oxygen atoms in total. The predicted octanol–water partition coefficient (Wildman–Crippen LogP) is 6.29. The molecule has 1 aliphatic rings. The number of halogens is 2. The molecule has 3 aromatic rings. The summed E-state index contributed by atoms with van der Waals surface area (Å²) in [5, 5.41) is 20.2. The average molecular weight is 527 g/mol. The maximum absolute atomic E-state index is 13.8. The van der Waals surface area contributed by atoms with Gasteiger partial charge in [0.15, 0.2) is 0 Å². The lowest BCUT2D eigenvalue weighted by Gasteiger charge is -2.32. The number of nitrogens with zero attached hydrogens (tertiary/aromatic N) is 1. The number of amides is 1. The Morgan fingerprint density at radius 1 is 1.00 bits per heavy atom. The van der Waals surface area contributed by atoms with Gasteiger partial charge in [-0.2, -0.15) is 0 Å². The van der Waals surface area contributed by atoms with E-state index < -0.39 is 11.9 Å². The highest BCUT2D eigenvalue weighted by molar-refractivity contribution is 6.30. The Balaban J connectivity index is 0.000000414. The summed E-state index contributed by atoms with van der Waals surface area (Å²) in [7, 11) is 0. The molecule has 0 bridgehead atoms. The third-order valence-corrected chi connectivity index (χ3v) is 6.80. The zero-order valence-electron chi connectivity index (χ0n) is 20.2. The van der Waals surface area contributed by atoms with E-state index in [9.17, 15) is 18.8 Å². The lowest BCUT2D eigenvalue weighted by molar-refractivity contribution is -0.134. The number of hydrogen-bond acceptors (Lipinski definition) is 4. The molecule has 2 aromatic carbocycles. The Labute approximate surface area is 219 Å². The molecule has 1 aromatic heterocycles. The first-order valence-electron chi connectivity index (χ1n) is 11.9. The number of hydrogen-bond donors (Lipinski definition) is 3. The first-order chi connectivity index (χ1) is 17.6. The number of nitrogens with one attached hydrogen (secondary N) is 1. The number of rotatable bonds is 6. The first kappa shape index (κ1) is 27.8. The molecule has 0 saturated heterocycles. The second-order valence-electron chi connectivity index (χ2n) is 8.97. The SMILES string of the molecule is C[C@@H](C(=O)Nc1ccc(Cl)cc1)C1CCC(c2ccnc3ccc(F)cc23)CC1.O=C(O)/C=C/C(=O)O. The van der Waals surface area contributed by atoms with E-state index in [4.69, 9.17) is 21.8 Å². The minimum absolute atomic E-state index is 0.0483. The number of fused-ring (bicyclic) bond motifs is 1. The smallest absolute Gasteiger partial charge is 0.328 e. The summed E-state index contributed by atoms with van der Waals surface area (Å²) < 4.78 is 13.8. The van der Waals surface area contributed by atoms with Gasteiger partial charge in [-0.15, -0.1) is 0 Å². The molecule has 1 atom stereocenters. The molecule has 1 heterocycles. The van der Waals surface area contributed by atoms with Crippen LogP contribution in [0.5, 0.6) is 0 Å². The zero-order valence-corrected chi connectivity index (χ0v) is 21.0. The summed E-state index contributed by atoms with van der Waals surface area (Å²) in [5.41, 5.74) is 2.78. The van der Waals surface area contributed by atoms with Gasteiger partial charge in [0.25, 0.3) is 0 Å². The van der Waals surface area contributed by atoms with Gasteiger partial charge < -0.3 is 15.5 Å². The predicted molar refractivity (Wildman–Crippen MR) is 140 cm³/mol. The number of aromatic nitrogens is 1. The van der Waals surface area contributed by atoms with Crippen molar-refractivity contribution in [3.05, 3.63) is 83.3 Å². The quantitative estimate of drug-likeness (QED) is 0.325. The molecule has 0 radical (unpaired) electrons. The van der Waals surface area contributed by atoms with Gasteiger partial charge in [0.1, 0.15) is 5.82 Å². The van der Waals surface area contributed by atoms with Crippen molar-refractivity contribution in [1.29, 1.82) is 0 Å². The highest BCUT2D eigenvalue weighted by Gasteiger charge is 2.30. The van der Waals surface area contributed by atoms with E-state index in [0.717, 1.165) is 42.3 Å². The number of carbonyl (C=O) groups excluding carboxylic acids is 1. The van der Waals surface area contributed by atoms with Gasteiger partial charge >= 0.3 is 11.9 Å². The van der Waals surface area contributed by atoms with E-state index in [1.54, 1.807) is 24.3 Å². The van der Waals surface area contributed by atoms with Crippen LogP contribution in [0.15, 0.2) is 66.9 Å². The molecular formula is C28H28ClFN2O5. The molecule has 4 rings (SSSR count). The second kappa shape index (κ2) is 13.0. The van der Waals surface area contributed by atoms with Crippen molar-refractivity contribution in [2.45, 2.75) is 38.5 Å². The van der Waals surface area contributed by atoms with Crippen LogP contribution in [0.4, 0.5) is 10.1 Å². The van der Waals surface area contributed by atoms with Gasteiger partial charge in [-0.25, -0.2) is 14.0 Å². The van der Waals surface area contributed by atoms with Gasteiger partial charge in [-0.05, 0) is 91.6 Å². The van der Waals surface area contributed by atoms with Crippen LogP contribution in [0.3, 0.4) is 0 Å². The lowest BCUT2D eigenvalue weighted by atomic mass is 9.73. The van der Waals surface area contributed by atoms with E-state index in [1.165, 1.54) is 11.6 Å². The van der Waals surface area contributed by atoms with Crippen LogP contribution in [0.2, 0.25) is 5.02 Å². The minimum Gasteiger partial charge on any atom is -0.478 e. The Bertz CT molecular complexity index is 1270. The van der Waals surface area contributed by atoms with Crippen molar-refractivity contribution in [3.8, 4) is 0 Å². The summed E-state index contributed by atoms with van der Waals surface area (Å²) >= 11 is 5.90. The molecule has 0 spiro atoms. The largest absolute Gasteiger partial charge is 0.478 e. The number of anilines is 1. The van der Waals surface area contributed by atoms with Crippen LogP contribution < -0.4 is 5.32 Å². The molecule has 1 fully saturated rings. The molecular weight excluding hydrogens is 499 g/mol. The number of carboxylic acids is 2. The number of pyridine rings is 1. The highest BCUT2D eigenvalue weighted by Crippen LogP contribution is 2.41. The van der Waals surface area contributed by atoms with Crippen molar-refractivity contribution in [1.82, 2.24) is 4.98 Å². The van der Waals surface area contributed by atoms with Gasteiger partial charge in [-0.1, -0.05) is 18.5 Å². The number of aliphatic carboxylic acids is 2. The fourth-order valence-corrected chi connectivity index (χ4v) is 4.70. The van der Waals surface area contributed by atoms with Crippen LogP contribution in [0, 0.1) is 17.7 Å². The third kappa shape index (κ3) is 8.11. The molecule has 194 valence electrons. The highest BCUT2D eigenvalue weighted by atomic mass is 35.5. The maximum Gasteiger partial charge on any atom is 0.328 e. The fraction of sp³-hybridized carbons (Fsp3) is 0.286. The normalized spacial score (nSPS) is 18.0. The summed E-state index contributed by atoms with van der Waals surface area (Å²) in [6, 6.07) is 14.0. The minimum atomic E-state index is -1.26. The lowest BCUT2D eigenvalue weighted by Crippen LogP contribution is -2.29. The Morgan fingerprint density at radius 2 is 1.62 bits per heavy atom. The van der Waals surface area contributed by atoms with Crippen molar-refractivity contribution < 1.29 is 29.0 Å². The third-order valence-electron chi connectivity index (χ3n) is 6.55. The summed E-state index contributed by atoms with van der Waals surface area (Å²) in [4.78, 5) is 36.1. The fourth-order valence-electron chi connectivity index (χ4n) is 4.57. The van der Waals surface area contributed by atoms with Gasteiger partial charge in [-0.3, -0.25) is 9.78 Å². The van der Waals surface area contributed by atoms with Crippen LogP contribution in [0.1, 0.15) is 44.1 Å².